The fourth-order valence-electron chi connectivity index (χ4n) is 3.36. The maximum absolute atomic E-state index is 6.37. The first-order valence-electron chi connectivity index (χ1n) is 9.29. The minimum absolute atomic E-state index is 0. The van der Waals surface area contributed by atoms with Crippen LogP contribution in [-0.4, -0.2) is 49.6 Å². The van der Waals surface area contributed by atoms with E-state index in [2.05, 4.69) is 54.3 Å². The first kappa shape index (κ1) is 23.5. The lowest BCUT2D eigenvalue weighted by Crippen LogP contribution is -2.51. The molecule has 0 bridgehead atoms. The Balaban J connectivity index is 0.00000338. The van der Waals surface area contributed by atoms with Crippen LogP contribution < -0.4 is 10.6 Å². The quantitative estimate of drug-likeness (QED) is 0.366. The van der Waals surface area contributed by atoms with Crippen LogP contribution in [0.5, 0.6) is 0 Å². The Morgan fingerprint density at radius 1 is 1.27 bits per heavy atom. The van der Waals surface area contributed by atoms with Crippen molar-refractivity contribution in [1.29, 1.82) is 0 Å². The Kier molecular flexibility index (Phi) is 9.69. The fraction of sp³-hybridized carbons (Fsp3) is 0.650. The summed E-state index contributed by atoms with van der Waals surface area (Å²) >= 11 is 6.37. The molecular formula is C20H34ClIN4. The zero-order chi connectivity index (χ0) is 18.4. The Bertz CT molecular complexity index is 581. The summed E-state index contributed by atoms with van der Waals surface area (Å²) in [5.74, 6) is 0.878. The van der Waals surface area contributed by atoms with Gasteiger partial charge in [0.1, 0.15) is 0 Å². The van der Waals surface area contributed by atoms with Crippen LogP contribution in [-0.2, 0) is 5.41 Å². The Morgan fingerprint density at radius 3 is 2.42 bits per heavy atom. The third kappa shape index (κ3) is 6.57. The highest BCUT2D eigenvalue weighted by molar-refractivity contribution is 14.0. The number of rotatable bonds is 5. The monoisotopic (exact) mass is 492 g/mol. The number of nitrogens with zero attached hydrogens (tertiary/aromatic N) is 2. The van der Waals surface area contributed by atoms with Gasteiger partial charge in [-0.3, -0.25) is 4.99 Å². The molecule has 1 saturated heterocycles. The summed E-state index contributed by atoms with van der Waals surface area (Å²) in [4.78, 5) is 6.94. The predicted octanol–water partition coefficient (Wildman–Crippen LogP) is 4.27. The van der Waals surface area contributed by atoms with Gasteiger partial charge in [0.15, 0.2) is 5.96 Å². The molecule has 1 heterocycles. The number of guanidine groups is 1. The van der Waals surface area contributed by atoms with E-state index in [1.807, 2.05) is 25.2 Å². The van der Waals surface area contributed by atoms with Gasteiger partial charge in [-0.2, -0.15) is 0 Å². The van der Waals surface area contributed by atoms with Crippen molar-refractivity contribution in [2.45, 2.75) is 58.0 Å². The predicted molar refractivity (Wildman–Crippen MR) is 124 cm³/mol. The molecule has 1 aromatic carbocycles. The maximum atomic E-state index is 6.37. The topological polar surface area (TPSA) is 39.7 Å². The van der Waals surface area contributed by atoms with E-state index in [1.54, 1.807) is 0 Å². The number of piperidine rings is 1. The van der Waals surface area contributed by atoms with Gasteiger partial charge >= 0.3 is 0 Å². The summed E-state index contributed by atoms with van der Waals surface area (Å²) in [7, 11) is 1.83. The molecule has 1 aliphatic heterocycles. The van der Waals surface area contributed by atoms with Crippen molar-refractivity contribution < 1.29 is 0 Å². The van der Waals surface area contributed by atoms with Crippen molar-refractivity contribution in [3.63, 3.8) is 0 Å². The van der Waals surface area contributed by atoms with E-state index in [0.29, 0.717) is 12.1 Å². The standard InChI is InChI=1S/C20H33ClN4.HI/c1-15(2)25-12-10-16(11-13-25)24-19(22-5)23-14-20(3,4)17-8-6-7-9-18(17)21;/h6-9,15-16H,10-14H2,1-5H3,(H2,22,23,24);1H. The number of hydrogen-bond donors (Lipinski definition) is 2. The molecule has 0 amide bonds. The van der Waals surface area contributed by atoms with Gasteiger partial charge in [-0.25, -0.2) is 0 Å². The summed E-state index contributed by atoms with van der Waals surface area (Å²) in [5.41, 5.74) is 1.08. The van der Waals surface area contributed by atoms with Crippen LogP contribution in [0.4, 0.5) is 0 Å². The molecule has 0 radical (unpaired) electrons. The lowest BCUT2D eigenvalue weighted by molar-refractivity contribution is 0.167. The first-order valence-corrected chi connectivity index (χ1v) is 9.67. The maximum Gasteiger partial charge on any atom is 0.191 e. The molecule has 1 fully saturated rings. The Morgan fingerprint density at radius 2 is 1.88 bits per heavy atom. The van der Waals surface area contributed by atoms with Gasteiger partial charge in [-0.15, -0.1) is 24.0 Å². The van der Waals surface area contributed by atoms with Gasteiger partial charge < -0.3 is 15.5 Å². The minimum Gasteiger partial charge on any atom is -0.356 e. The van der Waals surface area contributed by atoms with E-state index in [0.717, 1.165) is 49.0 Å². The molecule has 2 rings (SSSR count). The van der Waals surface area contributed by atoms with Crippen molar-refractivity contribution in [3.05, 3.63) is 34.9 Å². The third-order valence-electron chi connectivity index (χ3n) is 5.13. The molecule has 0 atom stereocenters. The molecule has 6 heteroatoms. The highest BCUT2D eigenvalue weighted by Gasteiger charge is 2.25. The highest BCUT2D eigenvalue weighted by Crippen LogP contribution is 2.29. The van der Waals surface area contributed by atoms with Crippen LogP contribution in [0.25, 0.3) is 0 Å². The van der Waals surface area contributed by atoms with E-state index in [9.17, 15) is 0 Å². The molecule has 0 saturated carbocycles. The molecule has 0 unspecified atom stereocenters. The summed E-state index contributed by atoms with van der Waals surface area (Å²) in [6.07, 6.45) is 2.32. The molecule has 2 N–H and O–H groups in total. The van der Waals surface area contributed by atoms with Gasteiger partial charge in [-0.05, 0) is 38.3 Å². The number of benzene rings is 1. The first-order chi connectivity index (χ1) is 11.8. The number of halogens is 2. The van der Waals surface area contributed by atoms with Crippen molar-refractivity contribution in [2.75, 3.05) is 26.7 Å². The lowest BCUT2D eigenvalue weighted by atomic mass is 9.84. The van der Waals surface area contributed by atoms with E-state index >= 15 is 0 Å². The molecular weight excluding hydrogens is 459 g/mol. The second-order valence-corrected chi connectivity index (χ2v) is 8.25. The van der Waals surface area contributed by atoms with Crippen molar-refractivity contribution in [3.8, 4) is 0 Å². The average molecular weight is 493 g/mol. The summed E-state index contributed by atoms with van der Waals surface area (Å²) < 4.78 is 0. The zero-order valence-electron chi connectivity index (χ0n) is 16.7. The van der Waals surface area contributed by atoms with Crippen LogP contribution in [0.15, 0.2) is 29.3 Å². The Hall–Kier alpha value is -0.530. The normalized spacial score (nSPS) is 17.1. The molecule has 1 aromatic rings. The summed E-state index contributed by atoms with van der Waals surface area (Å²) in [5, 5.41) is 7.88. The molecule has 0 aromatic heterocycles. The van der Waals surface area contributed by atoms with Gasteiger partial charge in [0.25, 0.3) is 0 Å². The lowest BCUT2D eigenvalue weighted by Gasteiger charge is -2.35. The zero-order valence-corrected chi connectivity index (χ0v) is 19.8. The smallest absolute Gasteiger partial charge is 0.191 e. The molecule has 1 aliphatic rings. The van der Waals surface area contributed by atoms with Crippen LogP contribution in [0, 0.1) is 0 Å². The van der Waals surface area contributed by atoms with Crippen LogP contribution in [0.2, 0.25) is 5.02 Å². The number of likely N-dealkylation sites (tertiary alicyclic amines) is 1. The van der Waals surface area contributed by atoms with Gasteiger partial charge in [0, 0.05) is 49.2 Å². The second kappa shape index (κ2) is 10.7. The minimum atomic E-state index is -0.0725. The second-order valence-electron chi connectivity index (χ2n) is 7.84. The van der Waals surface area contributed by atoms with Crippen molar-refractivity contribution in [2.24, 2.45) is 4.99 Å². The van der Waals surface area contributed by atoms with Crippen LogP contribution in [0.3, 0.4) is 0 Å². The van der Waals surface area contributed by atoms with E-state index in [4.69, 9.17) is 11.6 Å². The summed E-state index contributed by atoms with van der Waals surface area (Å²) in [6, 6.07) is 9.19. The Labute approximate surface area is 181 Å². The molecule has 4 nitrogen and oxygen atoms in total. The van der Waals surface area contributed by atoms with Crippen molar-refractivity contribution in [1.82, 2.24) is 15.5 Å². The van der Waals surface area contributed by atoms with Crippen molar-refractivity contribution >= 4 is 41.5 Å². The summed E-state index contributed by atoms with van der Waals surface area (Å²) in [6.45, 7) is 12.0. The molecule has 148 valence electrons. The van der Waals surface area contributed by atoms with Crippen LogP contribution >= 0.6 is 35.6 Å². The van der Waals surface area contributed by atoms with Crippen LogP contribution in [0.1, 0.15) is 46.1 Å². The van der Waals surface area contributed by atoms with Gasteiger partial charge in [0.2, 0.25) is 0 Å². The molecule has 26 heavy (non-hydrogen) atoms. The van der Waals surface area contributed by atoms with Gasteiger partial charge in [0.05, 0.1) is 0 Å². The number of hydrogen-bond acceptors (Lipinski definition) is 2. The average Bonchev–Trinajstić information content (AvgIpc) is 2.59. The largest absolute Gasteiger partial charge is 0.356 e. The molecule has 0 aliphatic carbocycles. The number of aliphatic imine (C=N–C) groups is 1. The number of nitrogens with one attached hydrogen (secondary N) is 2. The van der Waals surface area contributed by atoms with Gasteiger partial charge in [-0.1, -0.05) is 43.6 Å². The van der Waals surface area contributed by atoms with E-state index in [1.165, 1.54) is 0 Å². The third-order valence-corrected chi connectivity index (χ3v) is 5.45. The fourth-order valence-corrected chi connectivity index (χ4v) is 3.75. The highest BCUT2D eigenvalue weighted by atomic mass is 127. The van der Waals surface area contributed by atoms with E-state index < -0.39 is 0 Å². The molecule has 0 spiro atoms. The SMILES string of the molecule is CN=C(NCC(C)(C)c1ccccc1Cl)NC1CCN(C(C)C)CC1.I. The van der Waals surface area contributed by atoms with E-state index in [-0.39, 0.29) is 29.4 Å².